The summed E-state index contributed by atoms with van der Waals surface area (Å²) in [7, 11) is -3.52. The molecule has 9 nitrogen and oxygen atoms in total. The van der Waals surface area contributed by atoms with Gasteiger partial charge in [0.05, 0.1) is 11.5 Å². The maximum Gasteiger partial charge on any atom is 0.238 e. The zero-order chi connectivity index (χ0) is 17.8. The zero-order valence-electron chi connectivity index (χ0n) is 12.3. The standard InChI is InChI=1S/C7H9NO2S.C6H12O6/c1-6-2-4-7(5-3-6)11(8,9)10;7-1-2-3(8)4(9)5(10)6(11)12-2/h2-5H,1H3,(H2,8,9,10);2-11H,1H2/t;2-,3-,4+,5+,6-/m.1/s1. The van der Waals surface area contributed by atoms with Crippen molar-refractivity contribution in [3.8, 4) is 0 Å². The number of hydrogen-bond acceptors (Lipinski definition) is 8. The second kappa shape index (κ2) is 8.13. The Hall–Kier alpha value is -1.11. The van der Waals surface area contributed by atoms with Gasteiger partial charge < -0.3 is 30.3 Å². The summed E-state index contributed by atoms with van der Waals surface area (Å²) in [5.74, 6) is 0. The number of aryl methyl sites for hydroxylation is 1. The summed E-state index contributed by atoms with van der Waals surface area (Å²) in [5.41, 5.74) is 1.01. The second-order valence-electron chi connectivity index (χ2n) is 5.08. The van der Waals surface area contributed by atoms with E-state index in [9.17, 15) is 8.42 Å². The van der Waals surface area contributed by atoms with E-state index in [0.29, 0.717) is 0 Å². The van der Waals surface area contributed by atoms with Crippen LogP contribution in [0.3, 0.4) is 0 Å². The number of ether oxygens (including phenoxy) is 1. The van der Waals surface area contributed by atoms with Gasteiger partial charge in [-0.05, 0) is 19.1 Å². The van der Waals surface area contributed by atoms with E-state index in [1.54, 1.807) is 12.1 Å². The minimum absolute atomic E-state index is 0.156. The molecule has 1 saturated heterocycles. The monoisotopic (exact) mass is 351 g/mol. The fraction of sp³-hybridized carbons (Fsp3) is 0.538. The molecule has 1 heterocycles. The van der Waals surface area contributed by atoms with Crippen molar-refractivity contribution in [3.05, 3.63) is 29.8 Å². The van der Waals surface area contributed by atoms with Crippen LogP contribution in [0.5, 0.6) is 0 Å². The smallest absolute Gasteiger partial charge is 0.238 e. The maximum absolute atomic E-state index is 10.7. The lowest BCUT2D eigenvalue weighted by Crippen LogP contribution is -2.58. The second-order valence-corrected chi connectivity index (χ2v) is 6.64. The van der Waals surface area contributed by atoms with Gasteiger partial charge in [-0.2, -0.15) is 0 Å². The Balaban J connectivity index is 0.000000231. The topological polar surface area (TPSA) is 171 Å². The Kier molecular flexibility index (Phi) is 7.04. The van der Waals surface area contributed by atoms with Crippen LogP contribution in [0.2, 0.25) is 0 Å². The Labute approximate surface area is 133 Å². The first-order chi connectivity index (χ1) is 10.6. The van der Waals surface area contributed by atoms with E-state index in [1.165, 1.54) is 12.1 Å². The SMILES string of the molecule is Cc1ccc(S(N)(=O)=O)cc1.OC[C@H]1O[C@@H](O)[C@@H](O)[C@@H](O)[C@@H]1O. The molecule has 1 aromatic rings. The van der Waals surface area contributed by atoms with E-state index >= 15 is 0 Å². The van der Waals surface area contributed by atoms with Crippen molar-refractivity contribution >= 4 is 10.0 Å². The minimum Gasteiger partial charge on any atom is -0.394 e. The first-order valence-electron chi connectivity index (χ1n) is 6.66. The van der Waals surface area contributed by atoms with Gasteiger partial charge in [-0.3, -0.25) is 0 Å². The first kappa shape index (κ1) is 19.9. The van der Waals surface area contributed by atoms with E-state index in [0.717, 1.165) is 5.56 Å². The van der Waals surface area contributed by atoms with Crippen molar-refractivity contribution in [2.24, 2.45) is 5.14 Å². The lowest BCUT2D eigenvalue weighted by Gasteiger charge is -2.37. The summed E-state index contributed by atoms with van der Waals surface area (Å²) in [6.45, 7) is 1.36. The van der Waals surface area contributed by atoms with Crippen LogP contribution in [-0.2, 0) is 14.8 Å². The van der Waals surface area contributed by atoms with Crippen LogP contribution in [0.4, 0.5) is 0 Å². The van der Waals surface area contributed by atoms with E-state index in [-0.39, 0.29) is 4.90 Å². The summed E-state index contributed by atoms with van der Waals surface area (Å²) >= 11 is 0. The maximum atomic E-state index is 10.7. The molecular formula is C13H21NO8S. The van der Waals surface area contributed by atoms with Crippen molar-refractivity contribution in [2.75, 3.05) is 6.61 Å². The summed E-state index contributed by atoms with van der Waals surface area (Å²) < 4.78 is 26.0. The minimum atomic E-state index is -3.52. The van der Waals surface area contributed by atoms with E-state index < -0.39 is 47.3 Å². The summed E-state index contributed by atoms with van der Waals surface area (Å²) in [6.07, 6.45) is -7.04. The molecule has 0 radical (unpaired) electrons. The molecule has 0 aromatic heterocycles. The highest BCUT2D eigenvalue weighted by Crippen LogP contribution is 2.19. The molecule has 0 aliphatic carbocycles. The van der Waals surface area contributed by atoms with Crippen molar-refractivity contribution in [3.63, 3.8) is 0 Å². The number of sulfonamides is 1. The highest BCUT2D eigenvalue weighted by molar-refractivity contribution is 7.89. The van der Waals surface area contributed by atoms with Gasteiger partial charge in [0.1, 0.15) is 24.4 Å². The Morgan fingerprint density at radius 3 is 2.00 bits per heavy atom. The molecule has 7 N–H and O–H groups in total. The Morgan fingerprint density at radius 1 is 1.04 bits per heavy atom. The Bertz CT molecular complexity index is 586. The zero-order valence-corrected chi connectivity index (χ0v) is 13.2. The summed E-state index contributed by atoms with van der Waals surface area (Å²) in [4.78, 5) is 0.156. The number of aliphatic hydroxyl groups is 5. The van der Waals surface area contributed by atoms with Crippen molar-refractivity contribution in [1.29, 1.82) is 0 Å². The molecule has 0 bridgehead atoms. The normalized spacial score (nSPS) is 31.2. The lowest BCUT2D eigenvalue weighted by atomic mass is 10.00. The molecule has 1 aliphatic heterocycles. The van der Waals surface area contributed by atoms with Gasteiger partial charge in [0, 0.05) is 0 Å². The first-order valence-corrected chi connectivity index (χ1v) is 8.20. The van der Waals surface area contributed by atoms with Crippen LogP contribution < -0.4 is 5.14 Å². The number of hydrogen-bond donors (Lipinski definition) is 6. The number of aliphatic hydroxyl groups excluding tert-OH is 5. The highest BCUT2D eigenvalue weighted by atomic mass is 32.2. The number of rotatable bonds is 2. The molecule has 2 rings (SSSR count). The molecular weight excluding hydrogens is 330 g/mol. The van der Waals surface area contributed by atoms with Gasteiger partial charge in [-0.25, -0.2) is 13.6 Å². The molecule has 0 amide bonds. The molecule has 1 aliphatic rings. The molecule has 5 atom stereocenters. The van der Waals surface area contributed by atoms with Crippen molar-refractivity contribution < 1.29 is 38.7 Å². The van der Waals surface area contributed by atoms with Crippen LogP contribution >= 0.6 is 0 Å². The highest BCUT2D eigenvalue weighted by Gasteiger charge is 2.42. The molecule has 0 unspecified atom stereocenters. The average Bonchev–Trinajstić information content (AvgIpc) is 2.49. The fourth-order valence-corrected chi connectivity index (χ4v) is 2.33. The van der Waals surface area contributed by atoms with Crippen LogP contribution in [0.1, 0.15) is 5.56 Å². The van der Waals surface area contributed by atoms with Gasteiger partial charge in [0.2, 0.25) is 10.0 Å². The summed E-state index contributed by atoms with van der Waals surface area (Å²) in [5, 5.41) is 49.5. The van der Waals surface area contributed by atoms with Crippen molar-refractivity contribution in [2.45, 2.75) is 42.5 Å². The van der Waals surface area contributed by atoms with Gasteiger partial charge >= 0.3 is 0 Å². The third kappa shape index (κ3) is 5.48. The van der Waals surface area contributed by atoms with E-state index in [4.69, 9.17) is 30.7 Å². The third-order valence-corrected chi connectivity index (χ3v) is 4.15. The van der Waals surface area contributed by atoms with Gasteiger partial charge in [0.25, 0.3) is 0 Å². The quantitative estimate of drug-likeness (QED) is 0.337. The van der Waals surface area contributed by atoms with Gasteiger partial charge in [0.15, 0.2) is 6.29 Å². The van der Waals surface area contributed by atoms with Crippen molar-refractivity contribution in [1.82, 2.24) is 0 Å². The number of benzene rings is 1. The molecule has 23 heavy (non-hydrogen) atoms. The number of nitrogens with two attached hydrogens (primary N) is 1. The van der Waals surface area contributed by atoms with E-state index in [1.807, 2.05) is 6.92 Å². The van der Waals surface area contributed by atoms with Crippen LogP contribution in [0.15, 0.2) is 29.2 Å². The lowest BCUT2D eigenvalue weighted by molar-refractivity contribution is -0.286. The summed E-state index contributed by atoms with van der Waals surface area (Å²) in [6, 6.07) is 6.40. The molecule has 10 heteroatoms. The Morgan fingerprint density at radius 2 is 1.57 bits per heavy atom. The number of primary sulfonamides is 1. The van der Waals surface area contributed by atoms with Crippen LogP contribution in [0.25, 0.3) is 0 Å². The van der Waals surface area contributed by atoms with Crippen LogP contribution in [0, 0.1) is 6.92 Å². The third-order valence-electron chi connectivity index (χ3n) is 3.22. The van der Waals surface area contributed by atoms with Crippen LogP contribution in [-0.4, -0.2) is 71.3 Å². The molecule has 1 fully saturated rings. The molecule has 0 saturated carbocycles. The fourth-order valence-electron chi connectivity index (χ4n) is 1.81. The van der Waals surface area contributed by atoms with Gasteiger partial charge in [-0.1, -0.05) is 17.7 Å². The average molecular weight is 351 g/mol. The van der Waals surface area contributed by atoms with E-state index in [2.05, 4.69) is 4.74 Å². The predicted molar refractivity (Wildman–Crippen MR) is 78.5 cm³/mol. The predicted octanol–water partition coefficient (Wildman–Crippen LogP) is -2.58. The van der Waals surface area contributed by atoms with Gasteiger partial charge in [-0.15, -0.1) is 0 Å². The largest absolute Gasteiger partial charge is 0.394 e. The molecule has 132 valence electrons. The molecule has 1 aromatic carbocycles. The molecule has 0 spiro atoms.